The first-order valence-electron chi connectivity index (χ1n) is 9.24. The zero-order valence-corrected chi connectivity index (χ0v) is 18.8. The number of ether oxygens (including phenoxy) is 1. The first-order valence-corrected chi connectivity index (χ1v) is 12.4. The van der Waals surface area contributed by atoms with Crippen molar-refractivity contribution in [3.63, 3.8) is 0 Å². The molecule has 0 N–H and O–H groups in total. The lowest BCUT2D eigenvalue weighted by atomic mass is 10.0. The summed E-state index contributed by atoms with van der Waals surface area (Å²) in [5.74, 6) is 0.635. The van der Waals surface area contributed by atoms with E-state index in [1.807, 2.05) is 0 Å². The van der Waals surface area contributed by atoms with E-state index in [-0.39, 0.29) is 17.2 Å². The first-order chi connectivity index (χ1) is 14.8. The molecule has 0 bridgehead atoms. The number of hydrogen-bond donors (Lipinski definition) is 0. The highest BCUT2D eigenvalue weighted by molar-refractivity contribution is 7.94. The van der Waals surface area contributed by atoms with Crippen molar-refractivity contribution in [1.82, 2.24) is 0 Å². The van der Waals surface area contributed by atoms with Crippen LogP contribution in [0.2, 0.25) is 5.02 Å². The lowest BCUT2D eigenvalue weighted by Gasteiger charge is -2.31. The zero-order valence-electron chi connectivity index (χ0n) is 16.4. The molecule has 0 saturated heterocycles. The van der Waals surface area contributed by atoms with Crippen molar-refractivity contribution in [3.8, 4) is 22.9 Å². The molecule has 1 heterocycles. The minimum absolute atomic E-state index is 0.102. The predicted octanol–water partition coefficient (Wildman–Crippen LogP) is 4.20. The first kappa shape index (κ1) is 21.5. The Labute approximate surface area is 188 Å². The Morgan fingerprint density at radius 1 is 1.10 bits per heavy atom. The van der Waals surface area contributed by atoms with Gasteiger partial charge in [-0.1, -0.05) is 17.7 Å². The number of benzene rings is 3. The van der Waals surface area contributed by atoms with Gasteiger partial charge in [-0.3, -0.25) is 4.31 Å². The molecule has 0 spiro atoms. The van der Waals surface area contributed by atoms with E-state index >= 15 is 0 Å². The topological polar surface area (TPSA) is 93.5 Å². The lowest BCUT2D eigenvalue weighted by Crippen LogP contribution is -2.39. The average molecular weight is 473 g/mol. The third-order valence-electron chi connectivity index (χ3n) is 5.01. The standard InChI is InChI=1S/C22H17ClN2O4S2/c1-29-21-13-16(2-3-17(21)14-24)15-4-9-22-20(12-15)25(10-11-30(22)26)31(27,28)19-7-5-18(23)6-8-19/h2-9,12-13H,10-11H2,1H3. The van der Waals surface area contributed by atoms with Gasteiger partial charge in [0.2, 0.25) is 0 Å². The van der Waals surface area contributed by atoms with Crippen LogP contribution < -0.4 is 9.04 Å². The van der Waals surface area contributed by atoms with Crippen molar-refractivity contribution in [2.24, 2.45) is 0 Å². The maximum atomic E-state index is 13.3. The summed E-state index contributed by atoms with van der Waals surface area (Å²) < 4.78 is 45.8. The number of nitriles is 1. The number of sulfonamides is 1. The van der Waals surface area contributed by atoms with E-state index in [1.54, 1.807) is 36.4 Å². The molecule has 1 aliphatic heterocycles. The molecule has 1 atom stereocenters. The van der Waals surface area contributed by atoms with Crippen LogP contribution in [-0.4, -0.2) is 32.4 Å². The molecule has 4 rings (SSSR count). The SMILES string of the molecule is COc1cc(-c2ccc3c(c2)N(S(=O)(=O)c2ccc(Cl)cc2)CC[S+]3[O-])ccc1C#N. The third kappa shape index (κ3) is 3.98. The van der Waals surface area contributed by atoms with E-state index in [4.69, 9.17) is 16.3 Å². The molecule has 0 amide bonds. The van der Waals surface area contributed by atoms with Gasteiger partial charge in [-0.25, -0.2) is 8.42 Å². The van der Waals surface area contributed by atoms with Crippen LogP contribution in [0.4, 0.5) is 5.69 Å². The Morgan fingerprint density at radius 3 is 2.45 bits per heavy atom. The molecule has 0 saturated carbocycles. The summed E-state index contributed by atoms with van der Waals surface area (Å²) in [6.07, 6.45) is 0. The van der Waals surface area contributed by atoms with Gasteiger partial charge in [0.25, 0.3) is 10.0 Å². The fourth-order valence-corrected chi connectivity index (χ4v) is 6.39. The molecule has 3 aromatic carbocycles. The zero-order chi connectivity index (χ0) is 22.2. The highest BCUT2D eigenvalue weighted by Gasteiger charge is 2.35. The number of rotatable bonds is 4. The number of fused-ring (bicyclic) bond motifs is 1. The largest absolute Gasteiger partial charge is 0.611 e. The van der Waals surface area contributed by atoms with Crippen LogP contribution in [0.5, 0.6) is 5.75 Å². The lowest BCUT2D eigenvalue weighted by molar-refractivity contribution is 0.413. The number of anilines is 1. The Bertz CT molecular complexity index is 1290. The predicted molar refractivity (Wildman–Crippen MR) is 120 cm³/mol. The van der Waals surface area contributed by atoms with Crippen molar-refractivity contribution in [3.05, 3.63) is 71.2 Å². The summed E-state index contributed by atoms with van der Waals surface area (Å²) in [7, 11) is -2.38. The third-order valence-corrected chi connectivity index (χ3v) is 8.48. The molecule has 31 heavy (non-hydrogen) atoms. The summed E-state index contributed by atoms with van der Waals surface area (Å²) in [5.41, 5.74) is 2.24. The van der Waals surface area contributed by atoms with E-state index < -0.39 is 21.2 Å². The fraction of sp³-hybridized carbons (Fsp3) is 0.136. The molecule has 9 heteroatoms. The van der Waals surface area contributed by atoms with E-state index in [0.29, 0.717) is 26.9 Å². The quantitative estimate of drug-likeness (QED) is 0.530. The second-order valence-corrected chi connectivity index (χ2v) is 10.6. The highest BCUT2D eigenvalue weighted by Crippen LogP contribution is 2.38. The summed E-state index contributed by atoms with van der Waals surface area (Å²) in [5, 5.41) is 9.64. The van der Waals surface area contributed by atoms with Crippen LogP contribution in [0.15, 0.2) is 70.5 Å². The van der Waals surface area contributed by atoms with Crippen LogP contribution >= 0.6 is 11.6 Å². The normalized spacial score (nSPS) is 15.8. The van der Waals surface area contributed by atoms with Crippen molar-refractivity contribution in [1.29, 1.82) is 5.26 Å². The van der Waals surface area contributed by atoms with Crippen LogP contribution in [0.1, 0.15) is 5.56 Å². The van der Waals surface area contributed by atoms with Gasteiger partial charge in [-0.15, -0.1) is 0 Å². The number of nitrogens with zero attached hydrogens (tertiary/aromatic N) is 2. The Kier molecular flexibility index (Phi) is 5.86. The number of halogens is 1. The van der Waals surface area contributed by atoms with Gasteiger partial charge in [0.1, 0.15) is 23.3 Å². The summed E-state index contributed by atoms with van der Waals surface area (Å²) in [6.45, 7) is 0.102. The van der Waals surface area contributed by atoms with Gasteiger partial charge in [0.15, 0.2) is 4.90 Å². The minimum Gasteiger partial charge on any atom is -0.611 e. The van der Waals surface area contributed by atoms with Gasteiger partial charge >= 0.3 is 0 Å². The molecule has 0 aromatic heterocycles. The molecular weight excluding hydrogens is 456 g/mol. The molecule has 0 aliphatic carbocycles. The molecule has 1 unspecified atom stereocenters. The van der Waals surface area contributed by atoms with Gasteiger partial charge < -0.3 is 9.29 Å². The van der Waals surface area contributed by atoms with Crippen LogP contribution in [0.3, 0.4) is 0 Å². The summed E-state index contributed by atoms with van der Waals surface area (Å²) >= 11 is 4.60. The average Bonchev–Trinajstić information content (AvgIpc) is 2.78. The molecule has 3 aromatic rings. The van der Waals surface area contributed by atoms with Gasteiger partial charge in [0.05, 0.1) is 24.1 Å². The van der Waals surface area contributed by atoms with Gasteiger partial charge in [-0.2, -0.15) is 5.26 Å². The summed E-state index contributed by atoms with van der Waals surface area (Å²) in [4.78, 5) is 0.578. The molecule has 0 radical (unpaired) electrons. The Morgan fingerprint density at radius 2 is 1.77 bits per heavy atom. The highest BCUT2D eigenvalue weighted by atomic mass is 35.5. The van der Waals surface area contributed by atoms with E-state index in [1.165, 1.54) is 35.7 Å². The van der Waals surface area contributed by atoms with Crippen LogP contribution in [0, 0.1) is 11.3 Å². The minimum atomic E-state index is -3.87. The van der Waals surface area contributed by atoms with E-state index in [0.717, 1.165) is 11.1 Å². The Balaban J connectivity index is 1.82. The molecule has 158 valence electrons. The molecule has 1 aliphatic rings. The van der Waals surface area contributed by atoms with E-state index in [2.05, 4.69) is 6.07 Å². The van der Waals surface area contributed by atoms with Gasteiger partial charge in [-0.05, 0) is 76.9 Å². The van der Waals surface area contributed by atoms with Crippen molar-refractivity contribution in [2.45, 2.75) is 9.79 Å². The maximum absolute atomic E-state index is 13.3. The van der Waals surface area contributed by atoms with Gasteiger partial charge in [0, 0.05) is 5.02 Å². The number of hydrogen-bond acceptors (Lipinski definition) is 5. The molecular formula is C22H17ClN2O4S2. The smallest absolute Gasteiger partial charge is 0.264 e. The molecule has 0 fully saturated rings. The fourth-order valence-electron chi connectivity index (χ4n) is 3.43. The summed E-state index contributed by atoms with van der Waals surface area (Å²) in [6, 6.07) is 18.3. The monoisotopic (exact) mass is 472 g/mol. The van der Waals surface area contributed by atoms with Crippen molar-refractivity contribution in [2.75, 3.05) is 23.7 Å². The number of methoxy groups -OCH3 is 1. The second kappa shape index (κ2) is 8.44. The Hall–Kier alpha value is -2.70. The van der Waals surface area contributed by atoms with Crippen molar-refractivity contribution >= 4 is 38.5 Å². The van der Waals surface area contributed by atoms with Crippen LogP contribution in [0.25, 0.3) is 11.1 Å². The maximum Gasteiger partial charge on any atom is 0.264 e. The second-order valence-electron chi connectivity index (χ2n) is 6.79. The van der Waals surface area contributed by atoms with E-state index in [9.17, 15) is 18.2 Å². The van der Waals surface area contributed by atoms with Crippen molar-refractivity contribution < 1.29 is 17.7 Å². The van der Waals surface area contributed by atoms with Crippen LogP contribution in [-0.2, 0) is 21.2 Å². The molecule has 6 nitrogen and oxygen atoms in total.